The topological polar surface area (TPSA) is 109 Å². The highest BCUT2D eigenvalue weighted by Gasteiger charge is 2.39. The van der Waals surface area contributed by atoms with Crippen molar-refractivity contribution in [2.45, 2.75) is 76.5 Å². The van der Waals surface area contributed by atoms with Crippen molar-refractivity contribution in [3.8, 4) is 17.1 Å². The van der Waals surface area contributed by atoms with Gasteiger partial charge in [0.15, 0.2) is 0 Å². The zero-order valence-electron chi connectivity index (χ0n) is 23.0. The van der Waals surface area contributed by atoms with E-state index < -0.39 is 10.0 Å². The van der Waals surface area contributed by atoms with Gasteiger partial charge >= 0.3 is 0 Å². The molecule has 0 aliphatic carbocycles. The highest BCUT2D eigenvalue weighted by Crippen LogP contribution is 2.36. The number of halogens is 1. The van der Waals surface area contributed by atoms with Crippen molar-refractivity contribution >= 4 is 38.2 Å². The second-order valence-electron chi connectivity index (χ2n) is 11.7. The second-order valence-corrected chi connectivity index (χ2v) is 13.8. The zero-order valence-corrected chi connectivity index (χ0v) is 24.6. The van der Waals surface area contributed by atoms with E-state index in [1.54, 1.807) is 30.3 Å². The van der Waals surface area contributed by atoms with E-state index in [9.17, 15) is 8.42 Å². The van der Waals surface area contributed by atoms with Gasteiger partial charge in [0.25, 0.3) is 10.0 Å². The molecule has 2 aromatic heterocycles. The number of rotatable bonds is 6. The fourth-order valence-electron chi connectivity index (χ4n) is 5.59. The van der Waals surface area contributed by atoms with Crippen molar-refractivity contribution in [3.05, 3.63) is 64.8 Å². The number of sulfonamides is 1. The molecular weight excluding hydrogens is 534 g/mol. The van der Waals surface area contributed by atoms with E-state index in [2.05, 4.69) is 47.9 Å². The number of pyridine rings is 1. The Labute approximate surface area is 234 Å². The van der Waals surface area contributed by atoms with Crippen LogP contribution in [0.2, 0.25) is 5.02 Å². The Morgan fingerprint density at radius 2 is 1.67 bits per heavy atom. The molecule has 2 aromatic carbocycles. The number of nitrogens with one attached hydrogen (secondary N) is 3. The average molecular weight is 568 g/mol. The molecule has 3 N–H and O–H groups in total. The Balaban J connectivity index is 1.44. The number of aromatic nitrogens is 3. The predicted octanol–water partition coefficient (Wildman–Crippen LogP) is 6.38. The number of aryl methyl sites for hydroxylation is 2. The Morgan fingerprint density at radius 1 is 1.00 bits per heavy atom. The van der Waals surface area contributed by atoms with Crippen LogP contribution in [-0.4, -0.2) is 40.8 Å². The summed E-state index contributed by atoms with van der Waals surface area (Å²) >= 11 is 6.17. The van der Waals surface area contributed by atoms with Crippen LogP contribution in [-0.2, 0) is 10.0 Å². The first-order valence-corrected chi connectivity index (χ1v) is 14.8. The molecule has 4 aromatic rings. The van der Waals surface area contributed by atoms with E-state index >= 15 is 0 Å². The van der Waals surface area contributed by atoms with Gasteiger partial charge in [-0.15, -0.1) is 0 Å². The molecule has 0 amide bonds. The largest absolute Gasteiger partial charge is 0.474 e. The lowest BCUT2D eigenvalue weighted by Gasteiger charge is -2.46. The number of piperidine rings is 1. The normalized spacial score (nSPS) is 17.3. The Morgan fingerprint density at radius 3 is 2.33 bits per heavy atom. The van der Waals surface area contributed by atoms with Gasteiger partial charge in [-0.25, -0.2) is 13.4 Å². The third-order valence-electron chi connectivity index (χ3n) is 6.92. The van der Waals surface area contributed by atoms with Gasteiger partial charge in [-0.05, 0) is 77.4 Å². The standard InChI is InChI=1S/C29H34ClN5O3S/c1-17-7-12-22(30)25(13-17)39(36,37)34-20-10-8-19(9-11-20)23-14-24-26(18(2)32-33-24)27(31-23)38-21-15-28(3,4)35-29(5,6)16-21/h7-14,21,34-35H,15-16H2,1-6H3,(H,32,33). The maximum Gasteiger partial charge on any atom is 0.263 e. The summed E-state index contributed by atoms with van der Waals surface area (Å²) in [6.07, 6.45) is 1.68. The van der Waals surface area contributed by atoms with Crippen LogP contribution in [0.1, 0.15) is 51.8 Å². The molecule has 0 atom stereocenters. The van der Waals surface area contributed by atoms with Crippen molar-refractivity contribution in [1.82, 2.24) is 20.5 Å². The van der Waals surface area contributed by atoms with Crippen molar-refractivity contribution in [3.63, 3.8) is 0 Å². The number of H-pyrrole nitrogens is 1. The van der Waals surface area contributed by atoms with Crippen LogP contribution in [0.4, 0.5) is 5.69 Å². The lowest BCUT2D eigenvalue weighted by molar-refractivity contribution is 0.0541. The third-order valence-corrected chi connectivity index (χ3v) is 8.79. The van der Waals surface area contributed by atoms with Crippen molar-refractivity contribution < 1.29 is 13.2 Å². The minimum absolute atomic E-state index is 0.0123. The lowest BCUT2D eigenvalue weighted by atomic mass is 9.81. The highest BCUT2D eigenvalue weighted by molar-refractivity contribution is 7.92. The number of ether oxygens (including phenoxy) is 1. The lowest BCUT2D eigenvalue weighted by Crippen LogP contribution is -2.60. The van der Waals surface area contributed by atoms with Gasteiger partial charge in [0.1, 0.15) is 11.0 Å². The number of hydrogen-bond donors (Lipinski definition) is 3. The quantitative estimate of drug-likeness (QED) is 0.249. The van der Waals surface area contributed by atoms with E-state index in [-0.39, 0.29) is 27.1 Å². The molecule has 0 spiro atoms. The van der Waals surface area contributed by atoms with Crippen LogP contribution in [0, 0.1) is 13.8 Å². The van der Waals surface area contributed by atoms with Crippen molar-refractivity contribution in [2.24, 2.45) is 0 Å². The molecule has 5 rings (SSSR count). The zero-order chi connectivity index (χ0) is 28.2. The monoisotopic (exact) mass is 567 g/mol. The molecule has 1 fully saturated rings. The van der Waals surface area contributed by atoms with Gasteiger partial charge in [0, 0.05) is 40.9 Å². The molecule has 3 heterocycles. The number of benzene rings is 2. The summed E-state index contributed by atoms with van der Waals surface area (Å²) in [5.74, 6) is 0.547. The van der Waals surface area contributed by atoms with E-state index in [1.165, 1.54) is 0 Å². The van der Waals surface area contributed by atoms with Gasteiger partial charge in [0.2, 0.25) is 5.88 Å². The van der Waals surface area contributed by atoms with Gasteiger partial charge in [-0.2, -0.15) is 5.10 Å². The number of aromatic amines is 1. The molecule has 39 heavy (non-hydrogen) atoms. The van der Waals surface area contributed by atoms with Gasteiger partial charge in [-0.3, -0.25) is 9.82 Å². The van der Waals surface area contributed by atoms with Crippen LogP contribution in [0.15, 0.2) is 53.4 Å². The fraction of sp³-hybridized carbons (Fsp3) is 0.379. The van der Waals surface area contributed by atoms with Gasteiger partial charge < -0.3 is 10.1 Å². The number of nitrogens with zero attached hydrogens (tertiary/aromatic N) is 2. The number of hydrogen-bond acceptors (Lipinski definition) is 6. The Kier molecular flexibility index (Phi) is 6.89. The summed E-state index contributed by atoms with van der Waals surface area (Å²) in [5, 5.41) is 12.3. The van der Waals surface area contributed by atoms with E-state index in [1.807, 2.05) is 32.0 Å². The molecule has 0 radical (unpaired) electrons. The van der Waals surface area contributed by atoms with Crippen LogP contribution >= 0.6 is 11.6 Å². The predicted molar refractivity (Wildman–Crippen MR) is 156 cm³/mol. The third kappa shape index (κ3) is 5.90. The Bertz CT molecular complexity index is 1630. The first-order valence-electron chi connectivity index (χ1n) is 12.9. The maximum atomic E-state index is 13.0. The van der Waals surface area contributed by atoms with Crippen LogP contribution in [0.25, 0.3) is 22.2 Å². The molecular formula is C29H34ClN5O3S. The molecule has 1 aliphatic rings. The molecule has 0 bridgehead atoms. The molecule has 0 unspecified atom stereocenters. The highest BCUT2D eigenvalue weighted by atomic mass is 35.5. The van der Waals surface area contributed by atoms with Crippen molar-refractivity contribution in [2.75, 3.05) is 4.72 Å². The maximum absolute atomic E-state index is 13.0. The van der Waals surface area contributed by atoms with Crippen molar-refractivity contribution in [1.29, 1.82) is 0 Å². The Hall–Kier alpha value is -3.14. The van der Waals surface area contributed by atoms with Crippen LogP contribution < -0.4 is 14.8 Å². The van der Waals surface area contributed by atoms with Crippen LogP contribution in [0.3, 0.4) is 0 Å². The summed E-state index contributed by atoms with van der Waals surface area (Å²) in [6, 6.07) is 13.9. The summed E-state index contributed by atoms with van der Waals surface area (Å²) in [5.41, 5.74) is 4.24. The fourth-order valence-corrected chi connectivity index (χ4v) is 7.23. The van der Waals surface area contributed by atoms with Gasteiger partial charge in [0.05, 0.1) is 21.6 Å². The summed E-state index contributed by atoms with van der Waals surface area (Å²) in [4.78, 5) is 4.95. The molecule has 8 nitrogen and oxygen atoms in total. The molecule has 206 valence electrons. The SMILES string of the molecule is Cc1ccc(Cl)c(S(=O)(=O)Nc2ccc(-c3cc4n[nH]c(C)c4c(OC4CC(C)(C)NC(C)(C)C4)n3)cc2)c1. The first kappa shape index (κ1) is 27.4. The summed E-state index contributed by atoms with van der Waals surface area (Å²) in [6.45, 7) is 12.5. The first-order chi connectivity index (χ1) is 18.2. The summed E-state index contributed by atoms with van der Waals surface area (Å²) in [7, 11) is -3.85. The molecule has 1 saturated heterocycles. The summed E-state index contributed by atoms with van der Waals surface area (Å²) < 4.78 is 35.1. The van der Waals surface area contributed by atoms with Crippen LogP contribution in [0.5, 0.6) is 5.88 Å². The van der Waals surface area contributed by atoms with E-state index in [0.29, 0.717) is 17.3 Å². The molecule has 1 aliphatic heterocycles. The molecule has 0 saturated carbocycles. The smallest absolute Gasteiger partial charge is 0.263 e. The van der Waals surface area contributed by atoms with E-state index in [4.69, 9.17) is 21.3 Å². The average Bonchev–Trinajstić information content (AvgIpc) is 3.19. The minimum atomic E-state index is -3.85. The number of anilines is 1. The van der Waals surface area contributed by atoms with Gasteiger partial charge in [-0.1, -0.05) is 29.8 Å². The minimum Gasteiger partial charge on any atom is -0.474 e. The van der Waals surface area contributed by atoms with E-state index in [0.717, 1.165) is 40.6 Å². The number of fused-ring (bicyclic) bond motifs is 1. The second kappa shape index (κ2) is 9.80. The molecule has 10 heteroatoms.